The van der Waals surface area contributed by atoms with Crippen molar-refractivity contribution in [3.63, 3.8) is 0 Å². The van der Waals surface area contributed by atoms with Gasteiger partial charge in [-0.25, -0.2) is 4.79 Å². The molecule has 0 unspecified atom stereocenters. The van der Waals surface area contributed by atoms with Crippen LogP contribution in [0.5, 0.6) is 5.75 Å². The second kappa shape index (κ2) is 5.76. The number of amides is 1. The van der Waals surface area contributed by atoms with Crippen molar-refractivity contribution in [3.05, 3.63) is 58.6 Å². The molecule has 0 spiro atoms. The average molecular weight is 276 g/mol. The molecule has 2 aromatic carbocycles. The Morgan fingerprint density at radius 2 is 1.79 bits per heavy atom. The average Bonchev–Trinajstić information content (AvgIpc) is 2.37. The topological polar surface area (TPSA) is 38.3 Å². The zero-order valence-electron chi connectivity index (χ0n) is 10.7. The molecule has 0 saturated heterocycles. The minimum atomic E-state index is -0.533. The number of aryl methyl sites for hydroxylation is 2. The van der Waals surface area contributed by atoms with Gasteiger partial charge in [0.25, 0.3) is 0 Å². The van der Waals surface area contributed by atoms with Crippen LogP contribution < -0.4 is 10.1 Å². The Morgan fingerprint density at radius 1 is 1.11 bits per heavy atom. The number of hydrogen-bond acceptors (Lipinski definition) is 2. The van der Waals surface area contributed by atoms with Gasteiger partial charge in [0.2, 0.25) is 0 Å². The summed E-state index contributed by atoms with van der Waals surface area (Å²) in [5.41, 5.74) is 2.56. The molecule has 0 aliphatic rings. The Labute approximate surface area is 117 Å². The standard InChI is InChI=1S/C15H14ClNO2/c1-10-8-11(2)14(9-13(10)16)17-15(18)19-12-6-4-3-5-7-12/h3-9H,1-2H3,(H,17,18). The molecular formula is C15H14ClNO2. The first kappa shape index (κ1) is 13.4. The number of benzene rings is 2. The number of carbonyl (C=O) groups excluding carboxylic acids is 1. The van der Waals surface area contributed by atoms with E-state index in [1.54, 1.807) is 30.3 Å². The van der Waals surface area contributed by atoms with Crippen LogP contribution in [0.3, 0.4) is 0 Å². The molecule has 1 N–H and O–H groups in total. The predicted molar refractivity (Wildman–Crippen MR) is 77.0 cm³/mol. The fourth-order valence-electron chi connectivity index (χ4n) is 1.69. The Bertz CT molecular complexity index is 597. The van der Waals surface area contributed by atoms with Gasteiger partial charge in [-0.2, -0.15) is 0 Å². The van der Waals surface area contributed by atoms with Crippen LogP contribution >= 0.6 is 11.6 Å². The van der Waals surface area contributed by atoms with Crippen LogP contribution in [-0.2, 0) is 0 Å². The van der Waals surface area contributed by atoms with Crippen LogP contribution in [0.2, 0.25) is 5.02 Å². The van der Waals surface area contributed by atoms with E-state index in [2.05, 4.69) is 5.32 Å². The zero-order valence-corrected chi connectivity index (χ0v) is 11.5. The molecule has 0 heterocycles. The number of hydrogen-bond donors (Lipinski definition) is 1. The van der Waals surface area contributed by atoms with Crippen molar-refractivity contribution in [1.82, 2.24) is 0 Å². The lowest BCUT2D eigenvalue weighted by Gasteiger charge is -2.10. The highest BCUT2D eigenvalue weighted by Crippen LogP contribution is 2.24. The normalized spacial score (nSPS) is 10.1. The number of halogens is 1. The Kier molecular flexibility index (Phi) is 4.07. The molecule has 0 aliphatic heterocycles. The van der Waals surface area contributed by atoms with E-state index in [1.807, 2.05) is 26.0 Å². The summed E-state index contributed by atoms with van der Waals surface area (Å²) in [5.74, 6) is 0.496. The van der Waals surface area contributed by atoms with Gasteiger partial charge in [0.05, 0.1) is 0 Å². The van der Waals surface area contributed by atoms with Gasteiger partial charge in [0, 0.05) is 10.7 Å². The molecule has 19 heavy (non-hydrogen) atoms. The minimum Gasteiger partial charge on any atom is -0.410 e. The number of nitrogens with one attached hydrogen (secondary N) is 1. The highest BCUT2D eigenvalue weighted by molar-refractivity contribution is 6.31. The molecular weight excluding hydrogens is 262 g/mol. The van der Waals surface area contributed by atoms with E-state index in [9.17, 15) is 4.79 Å². The Balaban J connectivity index is 2.09. The molecule has 98 valence electrons. The van der Waals surface area contributed by atoms with Crippen LogP contribution in [0.1, 0.15) is 11.1 Å². The molecule has 0 atom stereocenters. The summed E-state index contributed by atoms with van der Waals surface area (Å²) in [6.45, 7) is 3.82. The molecule has 0 aromatic heterocycles. The molecule has 3 nitrogen and oxygen atoms in total. The maximum Gasteiger partial charge on any atom is 0.417 e. The highest BCUT2D eigenvalue weighted by Gasteiger charge is 2.08. The van der Waals surface area contributed by atoms with Crippen LogP contribution in [0.25, 0.3) is 0 Å². The molecule has 0 aliphatic carbocycles. The number of ether oxygens (including phenoxy) is 1. The van der Waals surface area contributed by atoms with Crippen LogP contribution in [0.4, 0.5) is 10.5 Å². The van der Waals surface area contributed by atoms with Crippen molar-refractivity contribution < 1.29 is 9.53 Å². The van der Waals surface area contributed by atoms with Crippen LogP contribution in [-0.4, -0.2) is 6.09 Å². The smallest absolute Gasteiger partial charge is 0.410 e. The van der Waals surface area contributed by atoms with Gasteiger partial charge in [-0.3, -0.25) is 5.32 Å². The first-order chi connectivity index (χ1) is 9.06. The second-order valence-corrected chi connectivity index (χ2v) is 4.65. The summed E-state index contributed by atoms with van der Waals surface area (Å²) in [6.07, 6.45) is -0.533. The zero-order chi connectivity index (χ0) is 13.8. The Hall–Kier alpha value is -2.00. The van der Waals surface area contributed by atoms with Crippen molar-refractivity contribution in [2.24, 2.45) is 0 Å². The van der Waals surface area contributed by atoms with Crippen molar-refractivity contribution in [2.45, 2.75) is 13.8 Å². The lowest BCUT2D eigenvalue weighted by atomic mass is 10.1. The SMILES string of the molecule is Cc1cc(C)c(NC(=O)Oc2ccccc2)cc1Cl. The van der Waals surface area contributed by atoms with Crippen molar-refractivity contribution in [3.8, 4) is 5.75 Å². The molecule has 0 saturated carbocycles. The van der Waals surface area contributed by atoms with Gasteiger partial charge in [-0.1, -0.05) is 35.9 Å². The van der Waals surface area contributed by atoms with Crippen LogP contribution in [0.15, 0.2) is 42.5 Å². The number of para-hydroxylation sites is 1. The lowest BCUT2D eigenvalue weighted by Crippen LogP contribution is -2.17. The van der Waals surface area contributed by atoms with Crippen LogP contribution in [0, 0.1) is 13.8 Å². The quantitative estimate of drug-likeness (QED) is 0.872. The molecule has 0 radical (unpaired) electrons. The maximum atomic E-state index is 11.8. The fourth-order valence-corrected chi connectivity index (χ4v) is 1.86. The molecule has 0 bridgehead atoms. The van der Waals surface area contributed by atoms with Gasteiger partial charge in [-0.15, -0.1) is 0 Å². The number of carbonyl (C=O) groups is 1. The summed E-state index contributed by atoms with van der Waals surface area (Å²) >= 11 is 6.04. The first-order valence-electron chi connectivity index (χ1n) is 5.87. The van der Waals surface area contributed by atoms with E-state index in [1.165, 1.54) is 0 Å². The van der Waals surface area contributed by atoms with E-state index in [0.29, 0.717) is 16.5 Å². The molecule has 4 heteroatoms. The minimum absolute atomic E-state index is 0.496. The van der Waals surface area contributed by atoms with E-state index in [-0.39, 0.29) is 0 Å². The predicted octanol–water partition coefficient (Wildman–Crippen LogP) is 4.57. The number of anilines is 1. The van der Waals surface area contributed by atoms with Crippen molar-refractivity contribution in [1.29, 1.82) is 0 Å². The van der Waals surface area contributed by atoms with Crippen molar-refractivity contribution in [2.75, 3.05) is 5.32 Å². The summed E-state index contributed by atoms with van der Waals surface area (Å²) < 4.78 is 5.15. The van der Waals surface area contributed by atoms with Gasteiger partial charge < -0.3 is 4.74 Å². The van der Waals surface area contributed by atoms with E-state index >= 15 is 0 Å². The van der Waals surface area contributed by atoms with Gasteiger partial charge in [0.1, 0.15) is 5.75 Å². The molecule has 2 rings (SSSR count). The van der Waals surface area contributed by atoms with E-state index in [0.717, 1.165) is 11.1 Å². The monoisotopic (exact) mass is 275 g/mol. The summed E-state index contributed by atoms with van der Waals surface area (Å²) in [4.78, 5) is 11.8. The molecule has 2 aromatic rings. The van der Waals surface area contributed by atoms with Gasteiger partial charge in [0.15, 0.2) is 0 Å². The van der Waals surface area contributed by atoms with E-state index in [4.69, 9.17) is 16.3 Å². The fraction of sp³-hybridized carbons (Fsp3) is 0.133. The summed E-state index contributed by atoms with van der Waals surface area (Å²) in [5, 5.41) is 3.29. The van der Waals surface area contributed by atoms with Crippen molar-refractivity contribution >= 4 is 23.4 Å². The first-order valence-corrected chi connectivity index (χ1v) is 6.24. The summed E-state index contributed by atoms with van der Waals surface area (Å²) in [7, 11) is 0. The van der Waals surface area contributed by atoms with Gasteiger partial charge >= 0.3 is 6.09 Å². The molecule has 1 amide bonds. The van der Waals surface area contributed by atoms with E-state index < -0.39 is 6.09 Å². The van der Waals surface area contributed by atoms with Gasteiger partial charge in [-0.05, 0) is 43.2 Å². The third-order valence-electron chi connectivity index (χ3n) is 2.70. The Morgan fingerprint density at radius 3 is 2.47 bits per heavy atom. The highest BCUT2D eigenvalue weighted by atomic mass is 35.5. The summed E-state index contributed by atoms with van der Waals surface area (Å²) in [6, 6.07) is 12.5. The second-order valence-electron chi connectivity index (χ2n) is 4.24. The number of rotatable bonds is 2. The molecule has 0 fully saturated rings. The lowest BCUT2D eigenvalue weighted by molar-refractivity contribution is 0.215. The maximum absolute atomic E-state index is 11.8. The third-order valence-corrected chi connectivity index (χ3v) is 3.10. The largest absolute Gasteiger partial charge is 0.417 e. The third kappa shape index (κ3) is 3.48.